The number of urea groups is 1. The normalized spacial score (nSPS) is 18.9. The Hall–Kier alpha value is -3.68. The molecule has 0 bridgehead atoms. The number of anilines is 1. The van der Waals surface area contributed by atoms with Crippen LogP contribution in [0.25, 0.3) is 0 Å². The highest BCUT2D eigenvalue weighted by Gasteiger charge is 2.71. The van der Waals surface area contributed by atoms with E-state index in [1.165, 1.54) is 0 Å². The summed E-state index contributed by atoms with van der Waals surface area (Å²) in [5.41, 5.74) is -6.23. The fraction of sp³-hybridized carbons (Fsp3) is 0.533. The van der Waals surface area contributed by atoms with Gasteiger partial charge in [-0.05, 0) is 60.9 Å². The summed E-state index contributed by atoms with van der Waals surface area (Å²) < 4.78 is 92.2. The van der Waals surface area contributed by atoms with E-state index in [-0.39, 0.29) is 37.1 Å². The molecule has 2 aromatic rings. The Balaban J connectivity index is 1.44. The monoisotopic (exact) mass is 631 g/mol. The third-order valence-electron chi connectivity index (χ3n) is 8.15. The average molecular weight is 632 g/mol. The molecule has 242 valence electrons. The smallest absolute Gasteiger partial charge is 0.430 e. The minimum absolute atomic E-state index is 0.100. The van der Waals surface area contributed by atoms with Crippen LogP contribution in [0.3, 0.4) is 0 Å². The van der Waals surface area contributed by atoms with Crippen LogP contribution in [0.4, 0.5) is 36.8 Å². The van der Waals surface area contributed by atoms with Gasteiger partial charge in [0.1, 0.15) is 18.8 Å². The molecule has 1 fully saturated rings. The largest absolute Gasteiger partial charge is 0.486 e. The van der Waals surface area contributed by atoms with Gasteiger partial charge in [-0.3, -0.25) is 9.69 Å². The maximum Gasteiger partial charge on any atom is 0.430 e. The summed E-state index contributed by atoms with van der Waals surface area (Å²) in [7, 11) is 0. The number of rotatable bonds is 11. The number of hydrogen-bond acceptors (Lipinski definition) is 6. The standard InChI is InChI=1S/C30H35F6N3O5/c1-4-18-15-21(28(42,29(31,32)33)30(34,35)36)16-19(5-2)24(18)37-11-7-8-12-39-25(40)27(6-3,38-26(39)41)20-9-10-22-23(17-20)44-14-13-43-22/h9-10,15-17,37,42H,4-8,11-14H2,1-3H3,(H,38,41). The number of benzene rings is 2. The zero-order chi connectivity index (χ0) is 32.5. The Morgan fingerprint density at radius 2 is 1.50 bits per heavy atom. The molecule has 2 heterocycles. The summed E-state index contributed by atoms with van der Waals surface area (Å²) in [4.78, 5) is 27.5. The first-order valence-electron chi connectivity index (χ1n) is 14.4. The van der Waals surface area contributed by atoms with Crippen LogP contribution in [0.15, 0.2) is 30.3 Å². The summed E-state index contributed by atoms with van der Waals surface area (Å²) in [5.74, 6) is 0.630. The van der Waals surface area contributed by atoms with Gasteiger partial charge in [-0.2, -0.15) is 26.3 Å². The molecule has 2 aliphatic rings. The van der Waals surface area contributed by atoms with E-state index < -0.39 is 41.0 Å². The van der Waals surface area contributed by atoms with Crippen LogP contribution in [-0.4, -0.2) is 60.6 Å². The van der Waals surface area contributed by atoms with Gasteiger partial charge in [-0.25, -0.2) is 4.79 Å². The maximum atomic E-state index is 13.5. The number of hydrogen-bond donors (Lipinski definition) is 3. The maximum absolute atomic E-state index is 13.5. The van der Waals surface area contributed by atoms with Crippen LogP contribution >= 0.6 is 0 Å². The average Bonchev–Trinajstić information content (AvgIpc) is 3.23. The van der Waals surface area contributed by atoms with Gasteiger partial charge in [-0.15, -0.1) is 0 Å². The van der Waals surface area contributed by atoms with Gasteiger partial charge < -0.3 is 25.2 Å². The predicted octanol–water partition coefficient (Wildman–Crippen LogP) is 5.94. The lowest BCUT2D eigenvalue weighted by atomic mass is 9.87. The molecule has 14 heteroatoms. The zero-order valence-corrected chi connectivity index (χ0v) is 24.5. The van der Waals surface area contributed by atoms with Gasteiger partial charge in [0.2, 0.25) is 0 Å². The molecule has 44 heavy (non-hydrogen) atoms. The van der Waals surface area contributed by atoms with E-state index in [9.17, 15) is 41.0 Å². The van der Waals surface area contributed by atoms with Crippen LogP contribution < -0.4 is 20.1 Å². The lowest BCUT2D eigenvalue weighted by molar-refractivity contribution is -0.376. The van der Waals surface area contributed by atoms with Crippen molar-refractivity contribution in [2.45, 2.75) is 76.4 Å². The van der Waals surface area contributed by atoms with E-state index in [4.69, 9.17) is 9.47 Å². The molecule has 4 rings (SSSR count). The van der Waals surface area contributed by atoms with E-state index >= 15 is 0 Å². The third kappa shape index (κ3) is 5.75. The second-order valence-electron chi connectivity index (χ2n) is 10.7. The number of unbranched alkanes of at least 4 members (excludes halogenated alkanes) is 1. The van der Waals surface area contributed by atoms with Gasteiger partial charge in [0.05, 0.1) is 0 Å². The minimum Gasteiger partial charge on any atom is -0.486 e. The number of halogens is 6. The molecule has 1 unspecified atom stereocenters. The number of carbonyl (C=O) groups excluding carboxylic acids is 2. The fourth-order valence-corrected chi connectivity index (χ4v) is 5.64. The fourth-order valence-electron chi connectivity index (χ4n) is 5.64. The lowest BCUT2D eigenvalue weighted by Gasteiger charge is -2.33. The van der Waals surface area contributed by atoms with Crippen molar-refractivity contribution in [1.82, 2.24) is 10.2 Å². The molecule has 1 atom stereocenters. The quantitative estimate of drug-likeness (QED) is 0.161. The van der Waals surface area contributed by atoms with Crippen molar-refractivity contribution in [3.05, 3.63) is 52.6 Å². The number of aliphatic hydroxyl groups is 1. The second kappa shape index (κ2) is 12.4. The van der Waals surface area contributed by atoms with Crippen LogP contribution in [0.2, 0.25) is 0 Å². The van der Waals surface area contributed by atoms with E-state index in [0.717, 1.165) is 17.0 Å². The Labute approximate surface area is 250 Å². The Morgan fingerprint density at radius 1 is 0.909 bits per heavy atom. The van der Waals surface area contributed by atoms with Gasteiger partial charge in [0.15, 0.2) is 11.5 Å². The summed E-state index contributed by atoms with van der Waals surface area (Å²) in [5, 5.41) is 15.8. The number of amides is 3. The molecule has 0 spiro atoms. The molecule has 8 nitrogen and oxygen atoms in total. The number of aryl methyl sites for hydroxylation is 2. The summed E-state index contributed by atoms with van der Waals surface area (Å²) in [6.45, 7) is 6.11. The predicted molar refractivity (Wildman–Crippen MR) is 149 cm³/mol. The van der Waals surface area contributed by atoms with Crippen molar-refractivity contribution in [3.8, 4) is 11.5 Å². The summed E-state index contributed by atoms with van der Waals surface area (Å²) in [6, 6.07) is 6.03. The number of alkyl halides is 6. The third-order valence-corrected chi connectivity index (χ3v) is 8.15. The SMILES string of the molecule is CCc1cc(C(O)(C(F)(F)F)C(F)(F)F)cc(CC)c1NCCCCN1C(=O)NC(CC)(c2ccc3c(c2)OCCO3)C1=O. The first kappa shape index (κ1) is 33.2. The van der Waals surface area contributed by atoms with Crippen LogP contribution in [0.5, 0.6) is 11.5 Å². The number of carbonyl (C=O) groups is 2. The molecule has 2 aromatic carbocycles. The lowest BCUT2D eigenvalue weighted by Crippen LogP contribution is -2.54. The highest BCUT2D eigenvalue weighted by atomic mass is 19.4. The molecule has 0 aliphatic carbocycles. The second-order valence-corrected chi connectivity index (χ2v) is 10.7. The van der Waals surface area contributed by atoms with Gasteiger partial charge in [-0.1, -0.05) is 39.0 Å². The highest BCUT2D eigenvalue weighted by Crippen LogP contribution is 2.51. The van der Waals surface area contributed by atoms with Crippen LogP contribution in [0, 0.1) is 0 Å². The minimum atomic E-state index is -5.98. The summed E-state index contributed by atoms with van der Waals surface area (Å²) >= 11 is 0. The summed E-state index contributed by atoms with van der Waals surface area (Å²) in [6.07, 6.45) is -10.6. The first-order valence-corrected chi connectivity index (χ1v) is 14.4. The van der Waals surface area contributed by atoms with Crippen molar-refractivity contribution in [2.24, 2.45) is 0 Å². The van der Waals surface area contributed by atoms with Gasteiger partial charge >= 0.3 is 18.4 Å². The van der Waals surface area contributed by atoms with E-state index in [0.29, 0.717) is 55.2 Å². The molecule has 0 saturated carbocycles. The van der Waals surface area contributed by atoms with Crippen molar-refractivity contribution in [1.29, 1.82) is 0 Å². The molecule has 0 radical (unpaired) electrons. The number of imide groups is 1. The van der Waals surface area contributed by atoms with E-state index in [1.807, 2.05) is 0 Å². The number of nitrogens with one attached hydrogen (secondary N) is 2. The van der Waals surface area contributed by atoms with Crippen molar-refractivity contribution < 1.29 is 50.5 Å². The van der Waals surface area contributed by atoms with Crippen LogP contribution in [-0.2, 0) is 28.8 Å². The molecule has 3 N–H and O–H groups in total. The first-order chi connectivity index (χ1) is 20.6. The van der Waals surface area contributed by atoms with Gasteiger partial charge in [0, 0.05) is 24.3 Å². The van der Waals surface area contributed by atoms with E-state index in [1.54, 1.807) is 39.0 Å². The molecule has 1 saturated heterocycles. The zero-order valence-electron chi connectivity index (χ0n) is 24.5. The molecule has 2 aliphatic heterocycles. The number of fused-ring (bicyclic) bond motifs is 1. The Morgan fingerprint density at radius 3 is 2.05 bits per heavy atom. The van der Waals surface area contributed by atoms with Crippen molar-refractivity contribution >= 4 is 17.6 Å². The molecule has 3 amide bonds. The van der Waals surface area contributed by atoms with E-state index in [2.05, 4.69) is 10.6 Å². The number of nitrogens with zero attached hydrogens (tertiary/aromatic N) is 1. The number of ether oxygens (including phenoxy) is 2. The molecular formula is C30H35F6N3O5. The molecule has 0 aromatic heterocycles. The Bertz CT molecular complexity index is 1360. The topological polar surface area (TPSA) is 100 Å². The van der Waals surface area contributed by atoms with Crippen molar-refractivity contribution in [3.63, 3.8) is 0 Å². The van der Waals surface area contributed by atoms with Crippen molar-refractivity contribution in [2.75, 3.05) is 31.6 Å². The molecular weight excluding hydrogens is 596 g/mol. The van der Waals surface area contributed by atoms with Crippen LogP contribution in [0.1, 0.15) is 62.3 Å². The van der Waals surface area contributed by atoms with Gasteiger partial charge in [0.25, 0.3) is 11.5 Å². The highest BCUT2D eigenvalue weighted by molar-refractivity contribution is 6.07. The Kier molecular flexibility index (Phi) is 9.34.